The van der Waals surface area contributed by atoms with Crippen molar-refractivity contribution in [3.63, 3.8) is 0 Å². The van der Waals surface area contributed by atoms with Gasteiger partial charge in [0.05, 0.1) is 10.0 Å². The van der Waals surface area contributed by atoms with Crippen molar-refractivity contribution in [3.8, 4) is 5.75 Å². The number of halogens is 6. The van der Waals surface area contributed by atoms with Crippen LogP contribution in [-0.4, -0.2) is 11.7 Å². The molecule has 0 radical (unpaired) electrons. The van der Waals surface area contributed by atoms with Crippen molar-refractivity contribution in [2.75, 3.05) is 5.73 Å². The number of benzene rings is 1. The predicted octanol–water partition coefficient (Wildman–Crippen LogP) is 4.08. The lowest BCUT2D eigenvalue weighted by Gasteiger charge is -2.19. The summed E-state index contributed by atoms with van der Waals surface area (Å²) in [5.41, 5.74) is 2.48. The first-order valence-corrected chi connectivity index (χ1v) is 5.03. The lowest BCUT2D eigenvalue weighted by Crippen LogP contribution is -2.33. The Morgan fingerprint density at radius 2 is 1.69 bits per heavy atom. The first-order valence-electron chi connectivity index (χ1n) is 3.83. The topological polar surface area (TPSA) is 35.2 Å². The van der Waals surface area contributed by atoms with Crippen LogP contribution in [0.4, 0.5) is 18.9 Å². The van der Waals surface area contributed by atoms with E-state index in [-0.39, 0.29) is 15.7 Å². The summed E-state index contributed by atoms with van der Waals surface area (Å²) in [6, 6.07) is 2.28. The number of hydrogen-bond donors (Lipinski definition) is 1. The van der Waals surface area contributed by atoms with Gasteiger partial charge in [0.25, 0.3) is 5.63 Å². The molecule has 0 aliphatic carbocycles. The Kier molecular flexibility index (Phi) is 4.04. The van der Waals surface area contributed by atoms with Crippen LogP contribution < -0.4 is 10.5 Å². The van der Waals surface area contributed by atoms with Crippen LogP contribution in [0.2, 0.25) is 10.0 Å². The molecule has 90 valence electrons. The van der Waals surface area contributed by atoms with Crippen molar-refractivity contribution in [3.05, 3.63) is 22.2 Å². The van der Waals surface area contributed by atoms with Crippen LogP contribution in [-0.2, 0) is 0 Å². The standard InChI is InChI=1S/C8H5Cl3F3NO/c9-4-1-3(15)2-5(10)6(4)16-8(13,14)7(11)12/h1-2,7H,15H2. The third-order valence-corrected chi connectivity index (χ3v) is 2.33. The van der Waals surface area contributed by atoms with Crippen LogP contribution in [0.5, 0.6) is 5.75 Å². The van der Waals surface area contributed by atoms with Crippen LogP contribution in [0, 0.1) is 0 Å². The second-order valence-corrected chi connectivity index (χ2v) is 3.98. The number of nitrogens with two attached hydrogens (primary N) is 1. The summed E-state index contributed by atoms with van der Waals surface area (Å²) in [5.74, 6) is -0.578. The van der Waals surface area contributed by atoms with Gasteiger partial charge in [0, 0.05) is 5.69 Å². The maximum absolute atomic E-state index is 12.8. The average Bonchev–Trinajstić information content (AvgIpc) is 2.11. The summed E-state index contributed by atoms with van der Waals surface area (Å²) >= 11 is 15.7. The highest BCUT2D eigenvalue weighted by atomic mass is 35.5. The fourth-order valence-corrected chi connectivity index (χ4v) is 1.48. The van der Waals surface area contributed by atoms with Gasteiger partial charge in [0.2, 0.25) is 0 Å². The van der Waals surface area contributed by atoms with Gasteiger partial charge >= 0.3 is 6.11 Å². The van der Waals surface area contributed by atoms with E-state index >= 15 is 0 Å². The maximum Gasteiger partial charge on any atom is 0.444 e. The Hall–Kier alpha value is -0.520. The van der Waals surface area contributed by atoms with Gasteiger partial charge in [-0.1, -0.05) is 34.8 Å². The molecule has 16 heavy (non-hydrogen) atoms. The summed E-state index contributed by atoms with van der Waals surface area (Å²) in [7, 11) is 0. The molecule has 0 aliphatic heterocycles. The summed E-state index contributed by atoms with van der Waals surface area (Å²) in [4.78, 5) is 0. The molecule has 0 amide bonds. The van der Waals surface area contributed by atoms with E-state index in [2.05, 4.69) is 16.3 Å². The predicted molar refractivity (Wildman–Crippen MR) is 57.2 cm³/mol. The molecular formula is C8H5Cl3F3NO. The number of anilines is 1. The Labute approximate surface area is 104 Å². The van der Waals surface area contributed by atoms with Crippen LogP contribution in [0.15, 0.2) is 12.1 Å². The molecule has 2 nitrogen and oxygen atoms in total. The molecule has 0 aromatic heterocycles. The third kappa shape index (κ3) is 2.99. The molecule has 0 saturated carbocycles. The van der Waals surface area contributed by atoms with E-state index in [1.54, 1.807) is 0 Å². The van der Waals surface area contributed by atoms with E-state index in [0.29, 0.717) is 0 Å². The molecule has 8 heteroatoms. The Bertz CT molecular complexity index is 377. The molecule has 1 aromatic rings. The van der Waals surface area contributed by atoms with Crippen LogP contribution >= 0.6 is 34.8 Å². The van der Waals surface area contributed by atoms with E-state index in [9.17, 15) is 13.2 Å². The van der Waals surface area contributed by atoms with E-state index in [0.717, 1.165) is 12.1 Å². The lowest BCUT2D eigenvalue weighted by molar-refractivity contribution is -0.198. The van der Waals surface area contributed by atoms with Gasteiger partial charge in [0.15, 0.2) is 5.75 Å². The zero-order valence-electron chi connectivity index (χ0n) is 7.49. The van der Waals surface area contributed by atoms with Gasteiger partial charge in [-0.15, -0.1) is 0 Å². The van der Waals surface area contributed by atoms with Crippen LogP contribution in [0.1, 0.15) is 0 Å². The largest absolute Gasteiger partial charge is 0.444 e. The fourth-order valence-electron chi connectivity index (χ4n) is 0.858. The van der Waals surface area contributed by atoms with Gasteiger partial charge in [-0.3, -0.25) is 0 Å². The van der Waals surface area contributed by atoms with Crippen molar-refractivity contribution in [1.82, 2.24) is 0 Å². The van der Waals surface area contributed by atoms with Gasteiger partial charge in [0.1, 0.15) is 0 Å². The Balaban J connectivity index is 3.07. The summed E-state index contributed by atoms with van der Waals surface area (Å²) in [6.07, 6.45) is -4.23. The highest BCUT2D eigenvalue weighted by molar-refractivity contribution is 6.37. The fraction of sp³-hybridized carbons (Fsp3) is 0.250. The molecule has 0 heterocycles. The molecule has 1 unspecified atom stereocenters. The Morgan fingerprint density at radius 1 is 1.25 bits per heavy atom. The summed E-state index contributed by atoms with van der Waals surface area (Å²) < 4.78 is 41.9. The van der Waals surface area contributed by atoms with Crippen molar-refractivity contribution in [1.29, 1.82) is 0 Å². The van der Waals surface area contributed by atoms with Gasteiger partial charge in [-0.2, -0.15) is 8.78 Å². The molecule has 0 aliphatic rings. The molecule has 1 atom stereocenters. The van der Waals surface area contributed by atoms with Gasteiger partial charge in [-0.25, -0.2) is 4.39 Å². The normalized spacial score (nSPS) is 13.6. The molecule has 2 N–H and O–H groups in total. The van der Waals surface area contributed by atoms with Crippen molar-refractivity contribution >= 4 is 40.5 Å². The number of nitrogen functional groups attached to an aromatic ring is 1. The zero-order chi connectivity index (χ0) is 12.5. The van der Waals surface area contributed by atoms with E-state index in [1.807, 2.05) is 0 Å². The van der Waals surface area contributed by atoms with Crippen molar-refractivity contribution in [2.24, 2.45) is 0 Å². The second kappa shape index (κ2) is 4.77. The quantitative estimate of drug-likeness (QED) is 0.673. The highest BCUT2D eigenvalue weighted by Gasteiger charge is 2.43. The third-order valence-electron chi connectivity index (χ3n) is 1.51. The minimum atomic E-state index is -4.23. The molecular weight excluding hydrogens is 289 g/mol. The lowest BCUT2D eigenvalue weighted by atomic mass is 10.3. The average molecular weight is 294 g/mol. The number of hydrogen-bond acceptors (Lipinski definition) is 2. The Morgan fingerprint density at radius 3 is 2.06 bits per heavy atom. The molecule has 0 fully saturated rings. The molecule has 0 bridgehead atoms. The number of rotatable bonds is 3. The zero-order valence-corrected chi connectivity index (χ0v) is 9.75. The number of alkyl halides is 4. The van der Waals surface area contributed by atoms with Gasteiger partial charge in [-0.05, 0) is 12.1 Å². The second-order valence-electron chi connectivity index (χ2n) is 2.78. The van der Waals surface area contributed by atoms with Crippen LogP contribution in [0.3, 0.4) is 0 Å². The van der Waals surface area contributed by atoms with Crippen LogP contribution in [0.25, 0.3) is 0 Å². The first-order chi connectivity index (χ1) is 7.24. The molecule has 1 aromatic carbocycles. The minimum absolute atomic E-state index is 0.160. The SMILES string of the molecule is Nc1cc(Cl)c(OC(F)(F)C(F)Cl)c(Cl)c1. The highest BCUT2D eigenvalue weighted by Crippen LogP contribution is 2.39. The monoisotopic (exact) mass is 293 g/mol. The van der Waals surface area contributed by atoms with Gasteiger partial charge < -0.3 is 10.5 Å². The first kappa shape index (κ1) is 13.5. The molecule has 1 rings (SSSR count). The van der Waals surface area contributed by atoms with Crippen molar-refractivity contribution in [2.45, 2.75) is 11.7 Å². The van der Waals surface area contributed by atoms with E-state index in [1.165, 1.54) is 0 Å². The molecule has 0 saturated heterocycles. The number of ether oxygens (including phenoxy) is 1. The maximum atomic E-state index is 12.8. The van der Waals surface area contributed by atoms with E-state index < -0.39 is 17.5 Å². The summed E-state index contributed by atoms with van der Waals surface area (Å²) in [6.45, 7) is 0. The van der Waals surface area contributed by atoms with E-state index in [4.69, 9.17) is 28.9 Å². The molecule has 0 spiro atoms. The van der Waals surface area contributed by atoms with Crippen molar-refractivity contribution < 1.29 is 17.9 Å². The summed E-state index contributed by atoms with van der Waals surface area (Å²) in [5, 5.41) is -0.524. The smallest absolute Gasteiger partial charge is 0.426 e. The minimum Gasteiger partial charge on any atom is -0.426 e.